The number of carboxylic acid groups (broad SMARTS) is 1. The van der Waals surface area contributed by atoms with E-state index < -0.39 is 35.4 Å². The first-order chi connectivity index (χ1) is 15.1. The molecule has 0 spiro atoms. The number of nitrogens with zero attached hydrogens (tertiary/aromatic N) is 2. The fourth-order valence-electron chi connectivity index (χ4n) is 2.89. The fourth-order valence-corrected chi connectivity index (χ4v) is 2.89. The van der Waals surface area contributed by atoms with Crippen LogP contribution in [0.2, 0.25) is 0 Å². The molecule has 0 saturated carbocycles. The zero-order valence-electron chi connectivity index (χ0n) is 17.1. The average molecular weight is 454 g/mol. The van der Waals surface area contributed by atoms with Crippen molar-refractivity contribution in [3.63, 3.8) is 0 Å². The van der Waals surface area contributed by atoms with Crippen molar-refractivity contribution in [3.05, 3.63) is 53.6 Å². The molecule has 1 aromatic carbocycles. The van der Waals surface area contributed by atoms with Crippen molar-refractivity contribution in [1.29, 1.82) is 0 Å². The minimum atomic E-state index is -3.53. The number of alkyl halides is 2. The number of benzene rings is 1. The van der Waals surface area contributed by atoms with Crippen molar-refractivity contribution in [2.24, 2.45) is 10.7 Å². The Hall–Kier alpha value is -3.67. The molecule has 1 aromatic heterocycles. The van der Waals surface area contributed by atoms with Crippen LogP contribution < -0.4 is 15.8 Å². The number of nitrogens with one attached hydrogen (secondary N) is 1. The van der Waals surface area contributed by atoms with Gasteiger partial charge >= 0.3 is 0 Å². The maximum atomic E-state index is 14.7. The lowest BCUT2D eigenvalue weighted by atomic mass is 9.85. The van der Waals surface area contributed by atoms with Crippen LogP contribution in [0, 0.1) is 5.82 Å². The van der Waals surface area contributed by atoms with Crippen LogP contribution in [-0.4, -0.2) is 54.6 Å². The van der Waals surface area contributed by atoms with Crippen LogP contribution in [0.5, 0.6) is 5.75 Å². The number of hydrogen-bond donors (Lipinski definition) is 3. The number of carbonyl (C=O) groups excluding carboxylic acids is 1. The first-order valence-electron chi connectivity index (χ1n) is 9.07. The molecule has 1 aliphatic rings. The van der Waals surface area contributed by atoms with Gasteiger partial charge in [0.1, 0.15) is 36.3 Å². The smallest absolute Gasteiger partial charge is 0.299 e. The van der Waals surface area contributed by atoms with Crippen LogP contribution >= 0.6 is 0 Å². The predicted octanol–water partition coefficient (Wildman–Crippen LogP) is 2.42. The van der Waals surface area contributed by atoms with E-state index in [1.54, 1.807) is 6.07 Å². The lowest BCUT2D eigenvalue weighted by Gasteiger charge is -2.33. The van der Waals surface area contributed by atoms with Gasteiger partial charge in [-0.3, -0.25) is 14.6 Å². The standard InChI is InChI=1S/C19H19F3N4O3.CH2O2/c1-18(19(21,22)10-29-9-16(23)26-18)13-7-11(3-5-14(13)20)25-17(27)15-6-4-12(28-2)8-24-15;2-1-3/h3-8H,9-10H2,1-2H3,(H2,23,26)(H,25,27);1H,(H,2,3). The lowest BCUT2D eigenvalue weighted by Crippen LogP contribution is -2.45. The molecule has 32 heavy (non-hydrogen) atoms. The number of nitrogens with two attached hydrogens (primary N) is 1. The van der Waals surface area contributed by atoms with E-state index in [9.17, 15) is 18.0 Å². The summed E-state index contributed by atoms with van der Waals surface area (Å²) < 4.78 is 53.8. The number of anilines is 1. The molecule has 4 N–H and O–H groups in total. The summed E-state index contributed by atoms with van der Waals surface area (Å²) in [5, 5.41) is 9.40. The number of halogens is 3. The number of aliphatic imine (C=N–C) groups is 1. The Morgan fingerprint density at radius 2 is 2.03 bits per heavy atom. The van der Waals surface area contributed by atoms with Crippen LogP contribution in [0.1, 0.15) is 23.0 Å². The highest BCUT2D eigenvalue weighted by Gasteiger charge is 2.54. The second-order valence-corrected chi connectivity index (χ2v) is 6.71. The van der Waals surface area contributed by atoms with Gasteiger partial charge in [0, 0.05) is 11.3 Å². The van der Waals surface area contributed by atoms with Gasteiger partial charge in [0.2, 0.25) is 0 Å². The van der Waals surface area contributed by atoms with E-state index in [1.807, 2.05) is 0 Å². The largest absolute Gasteiger partial charge is 0.495 e. The van der Waals surface area contributed by atoms with Crippen LogP contribution in [-0.2, 0) is 15.1 Å². The molecule has 0 aliphatic carbocycles. The van der Waals surface area contributed by atoms with Gasteiger partial charge in [0.05, 0.1) is 13.3 Å². The summed E-state index contributed by atoms with van der Waals surface area (Å²) in [7, 11) is 1.46. The number of rotatable bonds is 4. The zero-order valence-corrected chi connectivity index (χ0v) is 17.1. The first kappa shape index (κ1) is 24.6. The summed E-state index contributed by atoms with van der Waals surface area (Å²) in [4.78, 5) is 28.5. The molecule has 0 radical (unpaired) electrons. The van der Waals surface area contributed by atoms with Gasteiger partial charge in [-0.15, -0.1) is 0 Å². The zero-order chi connectivity index (χ0) is 23.9. The highest BCUT2D eigenvalue weighted by molar-refractivity contribution is 6.02. The topological polar surface area (TPSA) is 136 Å². The van der Waals surface area contributed by atoms with Crippen molar-refractivity contribution in [3.8, 4) is 5.75 Å². The molecule has 0 fully saturated rings. The molecule has 2 heterocycles. The number of carbonyl (C=O) groups is 2. The lowest BCUT2D eigenvalue weighted by molar-refractivity contribution is -0.122. The Kier molecular flexibility index (Phi) is 7.76. The molecule has 12 heteroatoms. The molecule has 9 nitrogen and oxygen atoms in total. The molecule has 1 amide bonds. The van der Waals surface area contributed by atoms with Crippen molar-refractivity contribution in [2.45, 2.75) is 18.4 Å². The van der Waals surface area contributed by atoms with E-state index in [0.717, 1.165) is 19.1 Å². The van der Waals surface area contributed by atoms with Crippen LogP contribution in [0.3, 0.4) is 0 Å². The van der Waals surface area contributed by atoms with Gasteiger partial charge in [-0.25, -0.2) is 18.2 Å². The minimum absolute atomic E-state index is 0.0679. The van der Waals surface area contributed by atoms with E-state index in [2.05, 4.69) is 15.3 Å². The second-order valence-electron chi connectivity index (χ2n) is 6.71. The molecule has 1 unspecified atom stereocenters. The van der Waals surface area contributed by atoms with Crippen molar-refractivity contribution < 1.29 is 37.3 Å². The number of ether oxygens (including phenoxy) is 2. The highest BCUT2D eigenvalue weighted by atomic mass is 19.3. The Balaban J connectivity index is 0.00000114. The number of amidine groups is 1. The Morgan fingerprint density at radius 3 is 2.62 bits per heavy atom. The number of hydrogen-bond acceptors (Lipinski definition) is 7. The normalized spacial score (nSPS) is 19.5. The van der Waals surface area contributed by atoms with Gasteiger partial charge < -0.3 is 25.6 Å². The van der Waals surface area contributed by atoms with Crippen molar-refractivity contribution >= 4 is 23.9 Å². The number of methoxy groups -OCH3 is 1. The molecular weight excluding hydrogens is 433 g/mol. The van der Waals surface area contributed by atoms with Gasteiger partial charge in [-0.05, 0) is 37.3 Å². The number of aromatic nitrogens is 1. The van der Waals surface area contributed by atoms with E-state index in [-0.39, 0.29) is 30.3 Å². The van der Waals surface area contributed by atoms with Crippen LogP contribution in [0.25, 0.3) is 0 Å². The Morgan fingerprint density at radius 1 is 1.34 bits per heavy atom. The number of pyridine rings is 1. The SMILES string of the molecule is COc1ccc(C(=O)Nc2ccc(F)c(C3(C)N=C(N)COCC3(F)F)c2)nc1.O=CO. The summed E-state index contributed by atoms with van der Waals surface area (Å²) in [6.07, 6.45) is 1.36. The van der Waals surface area contributed by atoms with Gasteiger partial charge in [-0.2, -0.15) is 0 Å². The third kappa shape index (κ3) is 5.32. The fraction of sp³-hybridized carbons (Fsp3) is 0.300. The van der Waals surface area contributed by atoms with Crippen molar-refractivity contribution in [1.82, 2.24) is 4.98 Å². The summed E-state index contributed by atoms with van der Waals surface area (Å²) >= 11 is 0. The monoisotopic (exact) mass is 454 g/mol. The number of amides is 1. The Bertz CT molecular complexity index is 1000. The maximum absolute atomic E-state index is 14.7. The third-order valence-corrected chi connectivity index (χ3v) is 4.57. The van der Waals surface area contributed by atoms with Gasteiger partial charge in [0.15, 0.2) is 5.54 Å². The van der Waals surface area contributed by atoms with Gasteiger partial charge in [-0.1, -0.05) is 0 Å². The van der Waals surface area contributed by atoms with Gasteiger partial charge in [0.25, 0.3) is 18.3 Å². The van der Waals surface area contributed by atoms with E-state index in [4.69, 9.17) is 25.1 Å². The average Bonchev–Trinajstić information content (AvgIpc) is 2.85. The summed E-state index contributed by atoms with van der Waals surface area (Å²) in [6.45, 7) is -0.435. The van der Waals surface area contributed by atoms with Crippen molar-refractivity contribution in [2.75, 3.05) is 25.6 Å². The summed E-state index contributed by atoms with van der Waals surface area (Å²) in [5.41, 5.74) is 3.05. The minimum Gasteiger partial charge on any atom is -0.495 e. The molecule has 0 bridgehead atoms. The van der Waals surface area contributed by atoms with Crippen LogP contribution in [0.15, 0.2) is 41.5 Å². The molecule has 1 aliphatic heterocycles. The molecule has 1 atom stereocenters. The molecule has 3 rings (SSSR count). The van der Waals surface area contributed by atoms with E-state index in [0.29, 0.717) is 5.75 Å². The predicted molar refractivity (Wildman–Crippen MR) is 109 cm³/mol. The molecule has 0 saturated heterocycles. The Labute approximate surface area is 181 Å². The van der Waals surface area contributed by atoms with E-state index >= 15 is 0 Å². The first-order valence-corrected chi connectivity index (χ1v) is 9.07. The summed E-state index contributed by atoms with van der Waals surface area (Å²) in [5.74, 6) is -4.76. The quantitative estimate of drug-likeness (QED) is 0.604. The van der Waals surface area contributed by atoms with Crippen LogP contribution in [0.4, 0.5) is 18.9 Å². The molecule has 2 aromatic rings. The highest BCUT2D eigenvalue weighted by Crippen LogP contribution is 2.44. The van der Waals surface area contributed by atoms with E-state index in [1.165, 1.54) is 25.4 Å². The molecular formula is C20H21F3N4O5. The third-order valence-electron chi connectivity index (χ3n) is 4.57. The molecule has 172 valence electrons. The summed E-state index contributed by atoms with van der Waals surface area (Å²) in [6, 6.07) is 6.31. The second kappa shape index (κ2) is 10.1. The maximum Gasteiger partial charge on any atom is 0.299 e.